The molecule has 2 N–H and O–H groups in total. The van der Waals surface area contributed by atoms with E-state index in [0.717, 1.165) is 36.6 Å². The summed E-state index contributed by atoms with van der Waals surface area (Å²) in [6, 6.07) is 4.75. The second kappa shape index (κ2) is 4.56. The summed E-state index contributed by atoms with van der Waals surface area (Å²) in [5.41, 5.74) is 1.62. The van der Waals surface area contributed by atoms with Crippen LogP contribution in [0.2, 0.25) is 0 Å². The van der Waals surface area contributed by atoms with Gasteiger partial charge in [-0.05, 0) is 56.4 Å². The standard InChI is InChI=1S/C17H19FN2O2/c1-10-13-3-2-11(18)8-14(13)19-15(10)16(22)20-12-4-6-17(20,9-21)7-5-12/h2-3,8,12,19,21H,4-7,9H2,1H3. The van der Waals surface area contributed by atoms with E-state index < -0.39 is 5.54 Å². The summed E-state index contributed by atoms with van der Waals surface area (Å²) >= 11 is 0. The summed E-state index contributed by atoms with van der Waals surface area (Å²) in [6.45, 7) is 1.90. The molecular formula is C17H19FN2O2. The number of nitrogens with zero attached hydrogens (tertiary/aromatic N) is 1. The lowest BCUT2D eigenvalue weighted by molar-refractivity contribution is 0.0463. The third kappa shape index (κ3) is 1.69. The number of amides is 1. The Bertz CT molecular complexity index is 759. The van der Waals surface area contributed by atoms with Crippen molar-refractivity contribution in [3.8, 4) is 0 Å². The number of halogens is 1. The Morgan fingerprint density at radius 3 is 2.86 bits per heavy atom. The number of aliphatic hydroxyl groups excluding tert-OH is 1. The topological polar surface area (TPSA) is 56.3 Å². The predicted molar refractivity (Wildman–Crippen MR) is 81.2 cm³/mol. The van der Waals surface area contributed by atoms with Crippen LogP contribution in [0.1, 0.15) is 41.7 Å². The van der Waals surface area contributed by atoms with Crippen LogP contribution in [0.15, 0.2) is 18.2 Å². The molecule has 0 saturated carbocycles. The van der Waals surface area contributed by atoms with Gasteiger partial charge in [-0.1, -0.05) is 0 Å². The van der Waals surface area contributed by atoms with E-state index >= 15 is 0 Å². The molecule has 116 valence electrons. The maximum Gasteiger partial charge on any atom is 0.271 e. The van der Waals surface area contributed by atoms with E-state index in [2.05, 4.69) is 4.98 Å². The maximum atomic E-state index is 13.4. The quantitative estimate of drug-likeness (QED) is 0.896. The van der Waals surface area contributed by atoms with Gasteiger partial charge in [0.25, 0.3) is 5.91 Å². The van der Waals surface area contributed by atoms with Gasteiger partial charge in [0.15, 0.2) is 0 Å². The number of H-pyrrole nitrogens is 1. The molecule has 2 aliphatic heterocycles. The number of aliphatic hydroxyl groups is 1. The van der Waals surface area contributed by atoms with E-state index in [9.17, 15) is 14.3 Å². The second-order valence-electron chi connectivity index (χ2n) is 6.60. The normalized spacial score (nSPS) is 27.0. The fourth-order valence-corrected chi connectivity index (χ4v) is 4.29. The van der Waals surface area contributed by atoms with Crippen LogP contribution >= 0.6 is 0 Å². The molecule has 2 fully saturated rings. The first-order valence-corrected chi connectivity index (χ1v) is 7.78. The molecule has 1 amide bonds. The van der Waals surface area contributed by atoms with Crippen LogP contribution in [-0.2, 0) is 0 Å². The van der Waals surface area contributed by atoms with Crippen LogP contribution in [0.4, 0.5) is 4.39 Å². The van der Waals surface area contributed by atoms with Gasteiger partial charge in [0.2, 0.25) is 0 Å². The number of aryl methyl sites for hydroxylation is 1. The summed E-state index contributed by atoms with van der Waals surface area (Å²) in [5, 5.41) is 10.7. The monoisotopic (exact) mass is 302 g/mol. The Balaban J connectivity index is 1.79. The summed E-state index contributed by atoms with van der Waals surface area (Å²) in [4.78, 5) is 18.0. The highest BCUT2D eigenvalue weighted by Gasteiger charge is 2.53. The molecular weight excluding hydrogens is 283 g/mol. The number of rotatable bonds is 2. The largest absolute Gasteiger partial charge is 0.394 e. The first-order valence-electron chi connectivity index (χ1n) is 7.78. The fourth-order valence-electron chi connectivity index (χ4n) is 4.29. The Labute approximate surface area is 127 Å². The predicted octanol–water partition coefficient (Wildman–Crippen LogP) is 2.74. The molecule has 22 heavy (non-hydrogen) atoms. The van der Waals surface area contributed by atoms with Crippen molar-refractivity contribution < 1.29 is 14.3 Å². The lowest BCUT2D eigenvalue weighted by Crippen LogP contribution is -2.48. The van der Waals surface area contributed by atoms with Gasteiger partial charge in [0, 0.05) is 16.9 Å². The lowest BCUT2D eigenvalue weighted by atomic mass is 9.88. The number of aromatic amines is 1. The van der Waals surface area contributed by atoms with Crippen LogP contribution < -0.4 is 0 Å². The average Bonchev–Trinajstić information content (AvgIpc) is 3.16. The van der Waals surface area contributed by atoms with Crippen LogP contribution in [0.5, 0.6) is 0 Å². The Hall–Kier alpha value is -1.88. The van der Waals surface area contributed by atoms with Gasteiger partial charge in [0.05, 0.1) is 12.1 Å². The molecule has 4 rings (SSSR count). The zero-order chi connectivity index (χ0) is 15.5. The van der Waals surface area contributed by atoms with E-state index in [0.29, 0.717) is 11.2 Å². The fraction of sp³-hybridized carbons (Fsp3) is 0.471. The first kappa shape index (κ1) is 13.8. The van der Waals surface area contributed by atoms with Gasteiger partial charge in [-0.25, -0.2) is 4.39 Å². The minimum absolute atomic E-state index is 0.0170. The van der Waals surface area contributed by atoms with Gasteiger partial charge < -0.3 is 15.0 Å². The maximum absolute atomic E-state index is 13.4. The zero-order valence-electron chi connectivity index (χ0n) is 12.5. The van der Waals surface area contributed by atoms with Crippen molar-refractivity contribution in [1.29, 1.82) is 0 Å². The van der Waals surface area contributed by atoms with Crippen molar-refractivity contribution in [2.75, 3.05) is 6.61 Å². The summed E-state index contributed by atoms with van der Waals surface area (Å²) in [7, 11) is 0. The summed E-state index contributed by atoms with van der Waals surface area (Å²) < 4.78 is 13.4. The molecule has 2 aromatic rings. The van der Waals surface area contributed by atoms with Gasteiger partial charge in [-0.15, -0.1) is 0 Å². The molecule has 1 aromatic carbocycles. The van der Waals surface area contributed by atoms with Crippen molar-refractivity contribution in [3.63, 3.8) is 0 Å². The van der Waals surface area contributed by atoms with Crippen LogP contribution in [0.25, 0.3) is 10.9 Å². The van der Waals surface area contributed by atoms with E-state index in [1.807, 2.05) is 11.8 Å². The zero-order valence-corrected chi connectivity index (χ0v) is 12.5. The summed E-state index contributed by atoms with van der Waals surface area (Å²) in [6.07, 6.45) is 3.65. The molecule has 2 aliphatic rings. The molecule has 1 aromatic heterocycles. The highest BCUT2D eigenvalue weighted by molar-refractivity contribution is 6.01. The number of aromatic nitrogens is 1. The number of nitrogens with one attached hydrogen (secondary N) is 1. The SMILES string of the molecule is Cc1c(C(=O)N2C3CCC2(CO)CC3)[nH]c2cc(F)ccc12. The lowest BCUT2D eigenvalue weighted by Gasteiger charge is -2.33. The van der Waals surface area contributed by atoms with E-state index in [4.69, 9.17) is 0 Å². The van der Waals surface area contributed by atoms with Crippen molar-refractivity contribution in [2.45, 2.75) is 44.2 Å². The molecule has 3 heterocycles. The number of hydrogen-bond donors (Lipinski definition) is 2. The third-order valence-electron chi connectivity index (χ3n) is 5.51. The first-order chi connectivity index (χ1) is 10.6. The highest BCUT2D eigenvalue weighted by atomic mass is 19.1. The Kier molecular flexibility index (Phi) is 2.85. The minimum Gasteiger partial charge on any atom is -0.394 e. The van der Waals surface area contributed by atoms with Crippen LogP contribution in [0.3, 0.4) is 0 Å². The number of carbonyl (C=O) groups is 1. The van der Waals surface area contributed by atoms with E-state index in [1.165, 1.54) is 12.1 Å². The average molecular weight is 302 g/mol. The second-order valence-corrected chi connectivity index (χ2v) is 6.60. The molecule has 2 saturated heterocycles. The van der Waals surface area contributed by atoms with Crippen LogP contribution in [0, 0.1) is 12.7 Å². The number of benzene rings is 1. The van der Waals surface area contributed by atoms with Crippen molar-refractivity contribution in [1.82, 2.24) is 9.88 Å². The molecule has 2 bridgehead atoms. The Morgan fingerprint density at radius 2 is 2.18 bits per heavy atom. The molecule has 0 atom stereocenters. The number of carbonyl (C=O) groups excluding carboxylic acids is 1. The van der Waals surface area contributed by atoms with Gasteiger partial charge >= 0.3 is 0 Å². The van der Waals surface area contributed by atoms with Crippen molar-refractivity contribution in [2.24, 2.45) is 0 Å². The molecule has 0 unspecified atom stereocenters. The molecule has 0 spiro atoms. The molecule has 4 nitrogen and oxygen atoms in total. The van der Waals surface area contributed by atoms with E-state index in [1.54, 1.807) is 6.07 Å². The van der Waals surface area contributed by atoms with E-state index in [-0.39, 0.29) is 24.4 Å². The van der Waals surface area contributed by atoms with Crippen molar-refractivity contribution in [3.05, 3.63) is 35.3 Å². The van der Waals surface area contributed by atoms with Gasteiger partial charge in [-0.2, -0.15) is 0 Å². The highest BCUT2D eigenvalue weighted by Crippen LogP contribution is 2.47. The number of fused-ring (bicyclic) bond motifs is 3. The molecule has 0 aliphatic carbocycles. The third-order valence-corrected chi connectivity index (χ3v) is 5.51. The van der Waals surface area contributed by atoms with Crippen molar-refractivity contribution >= 4 is 16.8 Å². The van der Waals surface area contributed by atoms with Gasteiger partial charge in [-0.3, -0.25) is 4.79 Å². The molecule has 0 radical (unpaired) electrons. The Morgan fingerprint density at radius 1 is 1.45 bits per heavy atom. The summed E-state index contributed by atoms with van der Waals surface area (Å²) in [5.74, 6) is -0.385. The van der Waals surface area contributed by atoms with Crippen LogP contribution in [-0.4, -0.2) is 39.1 Å². The molecule has 5 heteroatoms. The van der Waals surface area contributed by atoms with Gasteiger partial charge in [0.1, 0.15) is 11.5 Å². The minimum atomic E-state index is -0.392. The number of hydrogen-bond acceptors (Lipinski definition) is 2. The smallest absolute Gasteiger partial charge is 0.271 e.